The van der Waals surface area contributed by atoms with Gasteiger partial charge in [-0.05, 0) is 37.7 Å². The van der Waals surface area contributed by atoms with Gasteiger partial charge in [-0.25, -0.2) is 17.2 Å². The molecule has 2 N–H and O–H groups in total. The van der Waals surface area contributed by atoms with Crippen LogP contribution >= 0.6 is 0 Å². The molecule has 5 rings (SSSR count). The third-order valence-electron chi connectivity index (χ3n) is 7.35. The second-order valence-corrected chi connectivity index (χ2v) is 12.0. The van der Waals surface area contributed by atoms with E-state index in [-0.39, 0.29) is 35.9 Å². The Bertz CT molecular complexity index is 1350. The molecule has 11 heteroatoms. The summed E-state index contributed by atoms with van der Waals surface area (Å²) in [5.41, 5.74) is 1.25. The number of halogens is 2. The van der Waals surface area contributed by atoms with Crippen molar-refractivity contribution < 1.29 is 26.8 Å². The number of sulfone groups is 1. The SMILES string of the molecule is Cn1nc(C(=O)NC2CC(NC(=O)C3=CS(=O)(=O)CCC3)(c3ccccc3)C2)c2c1CCC(F)(F)C2. The maximum absolute atomic E-state index is 14.0. The summed E-state index contributed by atoms with van der Waals surface area (Å²) >= 11 is 0. The molecule has 2 aromatic rings. The molecule has 1 fully saturated rings. The van der Waals surface area contributed by atoms with E-state index < -0.39 is 39.5 Å². The average molecular weight is 519 g/mol. The van der Waals surface area contributed by atoms with E-state index in [0.29, 0.717) is 36.9 Å². The smallest absolute Gasteiger partial charge is 0.272 e. The molecule has 0 spiro atoms. The van der Waals surface area contributed by atoms with Gasteiger partial charge in [0.15, 0.2) is 15.5 Å². The first-order valence-electron chi connectivity index (χ1n) is 12.0. The summed E-state index contributed by atoms with van der Waals surface area (Å²) in [4.78, 5) is 26.1. The number of aromatic nitrogens is 2. The van der Waals surface area contributed by atoms with E-state index in [1.54, 1.807) is 7.05 Å². The minimum atomic E-state index is -3.40. The number of amides is 2. The summed E-state index contributed by atoms with van der Waals surface area (Å²) in [6.07, 6.45) is 0.917. The van der Waals surface area contributed by atoms with Crippen molar-refractivity contribution in [1.82, 2.24) is 20.4 Å². The molecule has 1 aromatic carbocycles. The monoisotopic (exact) mass is 518 g/mol. The van der Waals surface area contributed by atoms with Crippen LogP contribution in [0.3, 0.4) is 0 Å². The lowest BCUT2D eigenvalue weighted by Gasteiger charge is -2.49. The van der Waals surface area contributed by atoms with Crippen LogP contribution in [0.15, 0.2) is 41.3 Å². The van der Waals surface area contributed by atoms with E-state index in [4.69, 9.17) is 0 Å². The number of carbonyl (C=O) groups is 2. The highest BCUT2D eigenvalue weighted by Crippen LogP contribution is 2.42. The maximum atomic E-state index is 14.0. The van der Waals surface area contributed by atoms with Crippen LogP contribution in [0.4, 0.5) is 8.78 Å². The zero-order valence-electron chi connectivity index (χ0n) is 19.9. The number of nitrogens with zero attached hydrogens (tertiary/aromatic N) is 2. The summed E-state index contributed by atoms with van der Waals surface area (Å²) < 4.78 is 53.5. The highest BCUT2D eigenvalue weighted by Gasteiger charge is 2.48. The lowest BCUT2D eigenvalue weighted by atomic mass is 9.68. The van der Waals surface area contributed by atoms with Gasteiger partial charge < -0.3 is 10.6 Å². The van der Waals surface area contributed by atoms with E-state index in [2.05, 4.69) is 15.7 Å². The van der Waals surface area contributed by atoms with Crippen LogP contribution in [0.5, 0.6) is 0 Å². The van der Waals surface area contributed by atoms with E-state index >= 15 is 0 Å². The molecule has 2 heterocycles. The van der Waals surface area contributed by atoms with Gasteiger partial charge in [0.05, 0.1) is 11.3 Å². The molecular formula is C25H28F2N4O4S. The number of hydrogen-bond acceptors (Lipinski definition) is 5. The Morgan fingerprint density at radius 3 is 2.53 bits per heavy atom. The van der Waals surface area contributed by atoms with Crippen LogP contribution in [-0.2, 0) is 40.1 Å². The molecule has 1 aliphatic heterocycles. The lowest BCUT2D eigenvalue weighted by Crippen LogP contribution is -2.61. The quantitative estimate of drug-likeness (QED) is 0.632. The van der Waals surface area contributed by atoms with Gasteiger partial charge in [0.1, 0.15) is 0 Å². The molecule has 1 saturated carbocycles. The van der Waals surface area contributed by atoms with Crippen LogP contribution in [0, 0.1) is 0 Å². The molecule has 192 valence electrons. The van der Waals surface area contributed by atoms with Gasteiger partial charge in [0, 0.05) is 48.2 Å². The second-order valence-electron chi connectivity index (χ2n) is 10.0. The topological polar surface area (TPSA) is 110 Å². The average Bonchev–Trinajstić information content (AvgIpc) is 3.11. The first-order valence-corrected chi connectivity index (χ1v) is 13.7. The van der Waals surface area contributed by atoms with Crippen molar-refractivity contribution in [3.8, 4) is 0 Å². The number of carbonyl (C=O) groups excluding carboxylic acids is 2. The Hall–Kier alpha value is -3.08. The first kappa shape index (κ1) is 24.6. The standard InChI is InChI=1S/C25H28F2N4O4S/c1-31-20-9-10-25(26,27)14-19(20)21(30-31)23(33)28-18-12-24(13-18,17-7-3-2-4-8-17)29-22(32)16-6-5-11-36(34,35)15-16/h2-4,7-8,15,18H,5-6,9-14H2,1H3,(H,28,33)(H,29,32). The fourth-order valence-electron chi connectivity index (χ4n) is 5.50. The lowest BCUT2D eigenvalue weighted by molar-refractivity contribution is -0.121. The van der Waals surface area contributed by atoms with E-state index in [9.17, 15) is 26.8 Å². The largest absolute Gasteiger partial charge is 0.348 e. The number of fused-ring (bicyclic) bond motifs is 1. The van der Waals surface area contributed by atoms with E-state index in [0.717, 1.165) is 11.0 Å². The minimum Gasteiger partial charge on any atom is -0.348 e. The molecule has 0 radical (unpaired) electrons. The first-order chi connectivity index (χ1) is 17.0. The van der Waals surface area contributed by atoms with E-state index in [1.807, 2.05) is 30.3 Å². The van der Waals surface area contributed by atoms with Gasteiger partial charge in [0.2, 0.25) is 5.91 Å². The highest BCUT2D eigenvalue weighted by molar-refractivity contribution is 7.94. The molecule has 2 amide bonds. The summed E-state index contributed by atoms with van der Waals surface area (Å²) in [6.45, 7) is 0. The molecular weight excluding hydrogens is 490 g/mol. The van der Waals surface area contributed by atoms with Gasteiger partial charge in [-0.1, -0.05) is 30.3 Å². The molecule has 0 unspecified atom stereocenters. The van der Waals surface area contributed by atoms with Crippen molar-refractivity contribution in [2.24, 2.45) is 7.05 Å². The molecule has 1 aromatic heterocycles. The Morgan fingerprint density at radius 1 is 1.11 bits per heavy atom. The zero-order valence-corrected chi connectivity index (χ0v) is 20.7. The highest BCUT2D eigenvalue weighted by atomic mass is 32.2. The summed E-state index contributed by atoms with van der Waals surface area (Å²) in [5, 5.41) is 11.2. The molecule has 0 bridgehead atoms. The number of alkyl halides is 2. The van der Waals surface area contributed by atoms with Crippen LogP contribution in [-0.4, -0.2) is 47.7 Å². The summed E-state index contributed by atoms with van der Waals surface area (Å²) in [7, 11) is -1.75. The predicted octanol–water partition coefficient (Wildman–Crippen LogP) is 2.54. The van der Waals surface area contributed by atoms with Gasteiger partial charge in [-0.15, -0.1) is 0 Å². The maximum Gasteiger partial charge on any atom is 0.272 e. The van der Waals surface area contributed by atoms with Crippen molar-refractivity contribution in [2.45, 2.75) is 62.4 Å². The Morgan fingerprint density at radius 2 is 1.83 bits per heavy atom. The van der Waals surface area contributed by atoms with Crippen molar-refractivity contribution in [1.29, 1.82) is 0 Å². The number of hydrogen-bond donors (Lipinski definition) is 2. The van der Waals surface area contributed by atoms with Crippen molar-refractivity contribution in [3.05, 3.63) is 63.8 Å². The second kappa shape index (κ2) is 8.79. The molecule has 0 saturated heterocycles. The van der Waals surface area contributed by atoms with Gasteiger partial charge in [0.25, 0.3) is 11.8 Å². The Kier molecular flexibility index (Phi) is 6.01. The van der Waals surface area contributed by atoms with Crippen LogP contribution in [0.1, 0.15) is 59.4 Å². The number of rotatable bonds is 5. The Balaban J connectivity index is 1.33. The van der Waals surface area contributed by atoms with Crippen molar-refractivity contribution in [3.63, 3.8) is 0 Å². The zero-order chi connectivity index (χ0) is 25.7. The number of nitrogens with one attached hydrogen (secondary N) is 2. The van der Waals surface area contributed by atoms with Crippen LogP contribution < -0.4 is 10.6 Å². The minimum absolute atomic E-state index is 0.0192. The fraction of sp³-hybridized carbons (Fsp3) is 0.480. The van der Waals surface area contributed by atoms with E-state index in [1.165, 1.54) is 4.68 Å². The summed E-state index contributed by atoms with van der Waals surface area (Å²) in [6, 6.07) is 8.99. The van der Waals surface area contributed by atoms with Gasteiger partial charge >= 0.3 is 0 Å². The predicted molar refractivity (Wildman–Crippen MR) is 128 cm³/mol. The molecule has 36 heavy (non-hydrogen) atoms. The van der Waals surface area contributed by atoms with Crippen LogP contribution in [0.2, 0.25) is 0 Å². The number of benzene rings is 1. The molecule has 8 nitrogen and oxygen atoms in total. The molecule has 0 atom stereocenters. The van der Waals surface area contributed by atoms with Crippen LogP contribution in [0.25, 0.3) is 0 Å². The third kappa shape index (κ3) is 4.68. The van der Waals surface area contributed by atoms with Crippen molar-refractivity contribution in [2.75, 3.05) is 5.75 Å². The normalized spacial score (nSPS) is 26.2. The third-order valence-corrected chi connectivity index (χ3v) is 8.85. The Labute approximate surface area is 208 Å². The number of aryl methyl sites for hydroxylation is 1. The summed E-state index contributed by atoms with van der Waals surface area (Å²) in [5.74, 6) is -3.78. The van der Waals surface area contributed by atoms with Gasteiger partial charge in [-0.3, -0.25) is 14.3 Å². The fourth-order valence-corrected chi connectivity index (χ4v) is 6.82. The molecule has 2 aliphatic carbocycles. The van der Waals surface area contributed by atoms with Gasteiger partial charge in [-0.2, -0.15) is 5.10 Å². The molecule has 3 aliphatic rings. The van der Waals surface area contributed by atoms with Crippen molar-refractivity contribution >= 4 is 21.7 Å².